The summed E-state index contributed by atoms with van der Waals surface area (Å²) in [5.41, 5.74) is 0.243. The lowest BCUT2D eigenvalue weighted by atomic mass is 9.97. The van der Waals surface area contributed by atoms with Gasteiger partial charge in [0.25, 0.3) is 0 Å². The second kappa shape index (κ2) is 7.13. The van der Waals surface area contributed by atoms with E-state index in [0.717, 1.165) is 18.4 Å². The molecule has 0 spiro atoms. The molecule has 1 aromatic heterocycles. The number of hydrogen-bond acceptors (Lipinski definition) is 5. The van der Waals surface area contributed by atoms with Crippen molar-refractivity contribution in [2.75, 3.05) is 0 Å². The van der Waals surface area contributed by atoms with E-state index in [1.165, 1.54) is 0 Å². The lowest BCUT2D eigenvalue weighted by Gasteiger charge is -2.22. The summed E-state index contributed by atoms with van der Waals surface area (Å²) in [6.45, 7) is 1.81. The second-order valence-corrected chi connectivity index (χ2v) is 6.61. The average molecular weight is 329 g/mol. The predicted molar refractivity (Wildman–Crippen MR) is 88.1 cm³/mol. The van der Waals surface area contributed by atoms with Crippen molar-refractivity contribution in [3.8, 4) is 0 Å². The molecule has 1 aliphatic rings. The summed E-state index contributed by atoms with van der Waals surface area (Å²) in [6.07, 6.45) is 4.04. The molecule has 0 radical (unpaired) electrons. The zero-order valence-corrected chi connectivity index (χ0v) is 13.9. The Bertz CT molecular complexity index is 678. The van der Waals surface area contributed by atoms with Gasteiger partial charge in [-0.25, -0.2) is 0 Å². The molecule has 1 heterocycles. The number of aliphatic hydroxyl groups is 1. The lowest BCUT2D eigenvalue weighted by molar-refractivity contribution is -0.126. The fraction of sp³-hybridized carbons (Fsp3) is 0.500. The zero-order chi connectivity index (χ0) is 17.0. The summed E-state index contributed by atoms with van der Waals surface area (Å²) in [4.78, 5) is 16.5. The third kappa shape index (κ3) is 4.20. The van der Waals surface area contributed by atoms with E-state index in [0.29, 0.717) is 31.0 Å². The molecule has 24 heavy (non-hydrogen) atoms. The van der Waals surface area contributed by atoms with Crippen molar-refractivity contribution in [2.24, 2.45) is 0 Å². The summed E-state index contributed by atoms with van der Waals surface area (Å²) in [5, 5.41) is 17.1. The Morgan fingerprint density at radius 1 is 1.33 bits per heavy atom. The molecule has 1 unspecified atom stereocenters. The number of carbonyl (C=O) groups is 1. The van der Waals surface area contributed by atoms with Gasteiger partial charge in [0.1, 0.15) is 0 Å². The Hall–Kier alpha value is -2.21. The smallest absolute Gasteiger partial charge is 0.231 e. The molecular formula is C18H23N3O3. The van der Waals surface area contributed by atoms with Gasteiger partial charge in [0.2, 0.25) is 11.8 Å². The van der Waals surface area contributed by atoms with Crippen LogP contribution in [-0.4, -0.2) is 26.8 Å². The van der Waals surface area contributed by atoms with Crippen LogP contribution in [0.15, 0.2) is 34.9 Å². The van der Waals surface area contributed by atoms with Crippen LogP contribution in [-0.2, 0) is 11.2 Å². The van der Waals surface area contributed by atoms with Gasteiger partial charge in [0.05, 0.1) is 24.5 Å². The molecular weight excluding hydrogens is 306 g/mol. The Labute approximate surface area is 141 Å². The van der Waals surface area contributed by atoms with E-state index in [4.69, 9.17) is 4.52 Å². The van der Waals surface area contributed by atoms with Gasteiger partial charge in [0, 0.05) is 0 Å². The third-order valence-corrected chi connectivity index (χ3v) is 4.47. The molecule has 2 N–H and O–H groups in total. The number of benzene rings is 1. The van der Waals surface area contributed by atoms with Crippen molar-refractivity contribution in [3.63, 3.8) is 0 Å². The monoisotopic (exact) mass is 329 g/mol. The van der Waals surface area contributed by atoms with Gasteiger partial charge in [-0.3, -0.25) is 4.79 Å². The average Bonchev–Trinajstić information content (AvgIpc) is 3.17. The molecule has 3 rings (SSSR count). The molecule has 0 bridgehead atoms. The van der Waals surface area contributed by atoms with Crippen LogP contribution in [0, 0.1) is 0 Å². The third-order valence-electron chi connectivity index (χ3n) is 4.47. The van der Waals surface area contributed by atoms with E-state index in [9.17, 15) is 9.90 Å². The van der Waals surface area contributed by atoms with Crippen LogP contribution in [0.1, 0.15) is 62.3 Å². The van der Waals surface area contributed by atoms with Gasteiger partial charge < -0.3 is 14.9 Å². The van der Waals surface area contributed by atoms with E-state index >= 15 is 0 Å². The van der Waals surface area contributed by atoms with Gasteiger partial charge in [-0.1, -0.05) is 48.3 Å². The molecule has 1 fully saturated rings. The van der Waals surface area contributed by atoms with Gasteiger partial charge in [0.15, 0.2) is 5.82 Å². The molecule has 0 saturated heterocycles. The van der Waals surface area contributed by atoms with Crippen LogP contribution < -0.4 is 5.32 Å². The number of amides is 1. The van der Waals surface area contributed by atoms with E-state index in [1.807, 2.05) is 37.3 Å². The first-order valence-corrected chi connectivity index (χ1v) is 8.42. The highest BCUT2D eigenvalue weighted by atomic mass is 16.5. The molecule has 1 aliphatic carbocycles. The molecule has 6 heteroatoms. The van der Waals surface area contributed by atoms with E-state index in [1.54, 1.807) is 0 Å². The van der Waals surface area contributed by atoms with Crippen LogP contribution in [0.4, 0.5) is 0 Å². The molecule has 1 atom stereocenters. The Kier molecular flexibility index (Phi) is 4.94. The molecule has 2 aromatic rings. The number of nitrogens with one attached hydrogen (secondary N) is 1. The highest BCUT2D eigenvalue weighted by Crippen LogP contribution is 2.32. The minimum atomic E-state index is -0.848. The normalized spacial score (nSPS) is 17.6. The SMILES string of the molecule is CC(NC(=O)CC1(O)CCCC1)c1noc(Cc2ccccc2)n1. The maximum atomic E-state index is 12.1. The first kappa shape index (κ1) is 16.6. The number of nitrogens with zero attached hydrogens (tertiary/aromatic N) is 2. The first-order chi connectivity index (χ1) is 11.5. The van der Waals surface area contributed by atoms with Gasteiger partial charge >= 0.3 is 0 Å². The minimum absolute atomic E-state index is 0.131. The van der Waals surface area contributed by atoms with Crippen molar-refractivity contribution in [2.45, 2.75) is 57.1 Å². The van der Waals surface area contributed by atoms with Crippen molar-refractivity contribution >= 4 is 5.91 Å². The van der Waals surface area contributed by atoms with Crippen LogP contribution in [0.2, 0.25) is 0 Å². The summed E-state index contributed by atoms with van der Waals surface area (Å²) in [6, 6.07) is 9.52. The molecule has 6 nitrogen and oxygen atoms in total. The Balaban J connectivity index is 1.55. The molecule has 1 amide bonds. The number of aromatic nitrogens is 2. The Morgan fingerprint density at radius 2 is 2.04 bits per heavy atom. The molecule has 128 valence electrons. The van der Waals surface area contributed by atoms with Gasteiger partial charge in [-0.15, -0.1) is 0 Å². The van der Waals surface area contributed by atoms with Gasteiger partial charge in [-0.2, -0.15) is 4.98 Å². The quantitative estimate of drug-likeness (QED) is 0.850. The first-order valence-electron chi connectivity index (χ1n) is 8.42. The topological polar surface area (TPSA) is 88.2 Å². The van der Waals surface area contributed by atoms with E-state index in [2.05, 4.69) is 15.5 Å². The summed E-state index contributed by atoms with van der Waals surface area (Å²) in [5.74, 6) is 0.792. The van der Waals surface area contributed by atoms with Crippen LogP contribution >= 0.6 is 0 Å². The minimum Gasteiger partial charge on any atom is -0.389 e. The number of rotatable bonds is 6. The van der Waals surface area contributed by atoms with Crippen LogP contribution in [0.5, 0.6) is 0 Å². The predicted octanol–water partition coefficient (Wildman–Crippen LogP) is 2.53. The molecule has 1 aromatic carbocycles. The highest BCUT2D eigenvalue weighted by molar-refractivity contribution is 5.77. The largest absolute Gasteiger partial charge is 0.389 e. The van der Waals surface area contributed by atoms with Crippen LogP contribution in [0.25, 0.3) is 0 Å². The number of hydrogen-bond donors (Lipinski definition) is 2. The second-order valence-electron chi connectivity index (χ2n) is 6.61. The molecule has 0 aliphatic heterocycles. The fourth-order valence-electron chi connectivity index (χ4n) is 3.15. The summed E-state index contributed by atoms with van der Waals surface area (Å²) < 4.78 is 5.26. The van der Waals surface area contributed by atoms with E-state index in [-0.39, 0.29) is 18.4 Å². The number of carbonyl (C=O) groups excluding carboxylic acids is 1. The summed E-state index contributed by atoms with van der Waals surface area (Å²) in [7, 11) is 0. The van der Waals surface area contributed by atoms with E-state index < -0.39 is 5.60 Å². The van der Waals surface area contributed by atoms with Crippen molar-refractivity contribution in [1.29, 1.82) is 0 Å². The fourth-order valence-corrected chi connectivity index (χ4v) is 3.15. The highest BCUT2D eigenvalue weighted by Gasteiger charge is 2.33. The van der Waals surface area contributed by atoms with Gasteiger partial charge in [-0.05, 0) is 25.3 Å². The van der Waals surface area contributed by atoms with Crippen molar-refractivity contribution in [1.82, 2.24) is 15.5 Å². The van der Waals surface area contributed by atoms with Crippen molar-refractivity contribution < 1.29 is 14.4 Å². The summed E-state index contributed by atoms with van der Waals surface area (Å²) >= 11 is 0. The standard InChI is InChI=1S/C18H23N3O3/c1-13(19-15(22)12-18(23)9-5-6-10-18)17-20-16(24-21-17)11-14-7-3-2-4-8-14/h2-4,7-8,13,23H,5-6,9-12H2,1H3,(H,19,22). The Morgan fingerprint density at radius 3 is 2.75 bits per heavy atom. The van der Waals surface area contributed by atoms with Crippen LogP contribution in [0.3, 0.4) is 0 Å². The lowest BCUT2D eigenvalue weighted by Crippen LogP contribution is -2.36. The van der Waals surface area contributed by atoms with Crippen molar-refractivity contribution in [3.05, 3.63) is 47.6 Å². The maximum absolute atomic E-state index is 12.1. The zero-order valence-electron chi connectivity index (χ0n) is 13.9. The molecule has 1 saturated carbocycles. The maximum Gasteiger partial charge on any atom is 0.231 e.